The number of pyridine rings is 1. The molecule has 0 saturated carbocycles. The highest BCUT2D eigenvalue weighted by molar-refractivity contribution is 7.81. The van der Waals surface area contributed by atoms with E-state index in [4.69, 9.17) is 23.8 Å². The van der Waals surface area contributed by atoms with Crippen molar-refractivity contribution in [1.82, 2.24) is 0 Å². The number of halogens is 1. The van der Waals surface area contributed by atoms with Crippen LogP contribution in [-0.2, 0) is 0 Å². The largest absolute Gasteiger partial charge is 0.867 e. The first-order valence-corrected chi connectivity index (χ1v) is 9.16. The summed E-state index contributed by atoms with van der Waals surface area (Å²) in [6.45, 7) is 2.00. The average molecular weight is 387 g/mol. The highest BCUT2D eigenvalue weighted by atomic mass is 35.5. The summed E-state index contributed by atoms with van der Waals surface area (Å²) in [5.41, 5.74) is 2.34. The molecule has 0 atom stereocenters. The van der Waals surface area contributed by atoms with Gasteiger partial charge < -0.3 is 10.4 Å². The predicted molar refractivity (Wildman–Crippen MR) is 106 cm³/mol. The van der Waals surface area contributed by atoms with Gasteiger partial charge in [-0.3, -0.25) is 0 Å². The van der Waals surface area contributed by atoms with Crippen molar-refractivity contribution in [1.29, 1.82) is 0 Å². The quantitative estimate of drug-likeness (QED) is 0.317. The van der Waals surface area contributed by atoms with E-state index in [2.05, 4.69) is 5.32 Å². The Bertz CT molecular complexity index is 935. The zero-order chi connectivity index (χ0) is 17.8. The molecular formula is C19H15ClN2OS2. The van der Waals surface area contributed by atoms with Crippen LogP contribution in [0.25, 0.3) is 11.5 Å². The molecule has 0 unspecified atom stereocenters. The normalized spacial score (nSPS) is 11.8. The van der Waals surface area contributed by atoms with Crippen LogP contribution in [0.4, 0.5) is 5.69 Å². The van der Waals surface area contributed by atoms with Gasteiger partial charge in [0.25, 0.3) is 0 Å². The number of hydrogen-bond donors (Lipinski definition) is 1. The van der Waals surface area contributed by atoms with Crippen LogP contribution >= 0.6 is 35.2 Å². The van der Waals surface area contributed by atoms with E-state index < -0.39 is 0 Å². The molecule has 1 aromatic carbocycles. The number of aryl methyl sites for hydroxylation is 1. The van der Waals surface area contributed by atoms with Gasteiger partial charge in [-0.2, -0.15) is 4.57 Å². The van der Waals surface area contributed by atoms with Crippen molar-refractivity contribution in [3.05, 3.63) is 81.8 Å². The Labute approximate surface area is 160 Å². The molecule has 0 radical (unpaired) electrons. The Morgan fingerprint density at radius 3 is 2.52 bits per heavy atom. The Balaban J connectivity index is 2.04. The van der Waals surface area contributed by atoms with E-state index in [0.717, 1.165) is 11.3 Å². The topological polar surface area (TPSA) is 39.0 Å². The minimum atomic E-state index is -0.168. The zero-order valence-corrected chi connectivity index (χ0v) is 15.8. The molecule has 3 rings (SSSR count). The van der Waals surface area contributed by atoms with Crippen LogP contribution in [0.1, 0.15) is 10.4 Å². The van der Waals surface area contributed by atoms with E-state index in [9.17, 15) is 5.11 Å². The minimum Gasteiger partial charge on any atom is -0.867 e. The van der Waals surface area contributed by atoms with Gasteiger partial charge in [-0.15, -0.1) is 11.3 Å². The molecule has 0 fully saturated rings. The number of thiocarbonyl (C=S) groups is 1. The minimum absolute atomic E-state index is 0.168. The van der Waals surface area contributed by atoms with Crippen molar-refractivity contribution in [2.24, 2.45) is 0 Å². The van der Waals surface area contributed by atoms with Gasteiger partial charge in [0, 0.05) is 22.7 Å². The number of aromatic nitrogens is 1. The second-order valence-electron chi connectivity index (χ2n) is 5.39. The molecular weight excluding hydrogens is 372 g/mol. The monoisotopic (exact) mass is 386 g/mol. The highest BCUT2D eigenvalue weighted by Gasteiger charge is 2.19. The van der Waals surface area contributed by atoms with Crippen molar-refractivity contribution >= 4 is 57.3 Å². The first kappa shape index (κ1) is 17.6. The van der Waals surface area contributed by atoms with Gasteiger partial charge in [0.15, 0.2) is 17.4 Å². The summed E-state index contributed by atoms with van der Waals surface area (Å²) in [5.74, 6) is -0.168. The second-order valence-corrected chi connectivity index (χ2v) is 7.51. The molecule has 126 valence electrons. The molecule has 0 aliphatic rings. The van der Waals surface area contributed by atoms with E-state index in [1.807, 2.05) is 49.4 Å². The number of thiophene rings is 1. The van der Waals surface area contributed by atoms with Gasteiger partial charge in [-0.25, -0.2) is 0 Å². The number of nitrogens with one attached hydrogen (secondary N) is 1. The molecule has 0 saturated heterocycles. The van der Waals surface area contributed by atoms with Gasteiger partial charge in [0.2, 0.25) is 5.70 Å². The molecule has 3 aromatic rings. The summed E-state index contributed by atoms with van der Waals surface area (Å²) in [5, 5.41) is 16.2. The van der Waals surface area contributed by atoms with Crippen LogP contribution in [-0.4, -0.2) is 4.99 Å². The Morgan fingerprint density at radius 1 is 1.12 bits per heavy atom. The van der Waals surface area contributed by atoms with Crippen molar-refractivity contribution in [2.45, 2.75) is 6.92 Å². The second kappa shape index (κ2) is 7.78. The molecule has 2 aromatic heterocycles. The fraction of sp³-hybridized carbons (Fsp3) is 0.0526. The molecule has 25 heavy (non-hydrogen) atoms. The molecule has 0 bridgehead atoms. The number of benzene rings is 1. The standard InChI is InChI=1S/C19H15ClN2OS2/c1-13-6-5-7-14(12-13)21-19(24)17(22-10-3-2-4-11-22)18(23)15-8-9-16(20)25-15/h2-12H,1H3,(H-,21,23,24). The maximum Gasteiger partial charge on any atom is 0.239 e. The average Bonchev–Trinajstić information content (AvgIpc) is 3.02. The third-order valence-electron chi connectivity index (χ3n) is 3.48. The van der Waals surface area contributed by atoms with E-state index in [0.29, 0.717) is 19.9 Å². The van der Waals surface area contributed by atoms with Crippen molar-refractivity contribution in [2.75, 3.05) is 5.32 Å². The Morgan fingerprint density at radius 2 is 1.88 bits per heavy atom. The lowest BCUT2D eigenvalue weighted by atomic mass is 10.2. The molecule has 1 N–H and O–H groups in total. The summed E-state index contributed by atoms with van der Waals surface area (Å²) < 4.78 is 2.29. The summed E-state index contributed by atoms with van der Waals surface area (Å²) >= 11 is 12.8. The molecule has 2 heterocycles. The number of hydrogen-bond acceptors (Lipinski definition) is 3. The summed E-state index contributed by atoms with van der Waals surface area (Å²) in [4.78, 5) is 0.904. The zero-order valence-electron chi connectivity index (χ0n) is 13.4. The third kappa shape index (κ3) is 4.25. The van der Waals surface area contributed by atoms with Crippen molar-refractivity contribution in [3.8, 4) is 0 Å². The molecule has 0 aliphatic carbocycles. The number of anilines is 1. The Hall–Kier alpha value is -2.21. The fourth-order valence-corrected chi connectivity index (χ4v) is 3.65. The molecule has 0 spiro atoms. The van der Waals surface area contributed by atoms with Crippen LogP contribution in [0.3, 0.4) is 0 Å². The van der Waals surface area contributed by atoms with Crippen molar-refractivity contribution < 1.29 is 9.67 Å². The predicted octanol–water partition coefficient (Wildman–Crippen LogP) is 4.12. The molecule has 0 aliphatic heterocycles. The third-order valence-corrected chi connectivity index (χ3v) is 5.00. The van der Waals surface area contributed by atoms with Gasteiger partial charge in [-0.05, 0) is 42.5 Å². The smallest absolute Gasteiger partial charge is 0.239 e. The van der Waals surface area contributed by atoms with Gasteiger partial charge in [0.05, 0.1) is 4.34 Å². The van der Waals surface area contributed by atoms with Crippen LogP contribution in [0.15, 0.2) is 67.0 Å². The van der Waals surface area contributed by atoms with Crippen LogP contribution in [0.2, 0.25) is 4.34 Å². The van der Waals surface area contributed by atoms with Gasteiger partial charge in [-0.1, -0.05) is 42.0 Å². The SMILES string of the molecule is Cc1cccc(NC(=S)C(=C([O-])c2ccc(Cl)s2)[n+]2ccccc2)c1. The molecule has 0 amide bonds. The highest BCUT2D eigenvalue weighted by Crippen LogP contribution is 2.27. The lowest BCUT2D eigenvalue weighted by molar-refractivity contribution is -0.577. The van der Waals surface area contributed by atoms with Gasteiger partial charge in [0.1, 0.15) is 0 Å². The molecule has 3 nitrogen and oxygen atoms in total. The van der Waals surface area contributed by atoms with Crippen LogP contribution in [0, 0.1) is 6.92 Å². The first-order valence-electron chi connectivity index (χ1n) is 7.56. The summed E-state index contributed by atoms with van der Waals surface area (Å²) in [7, 11) is 0. The fourth-order valence-electron chi connectivity index (χ4n) is 2.35. The van der Waals surface area contributed by atoms with Gasteiger partial charge >= 0.3 is 0 Å². The first-order chi connectivity index (χ1) is 12.0. The molecule has 6 heteroatoms. The lowest BCUT2D eigenvalue weighted by Gasteiger charge is -2.15. The maximum atomic E-state index is 13.0. The maximum absolute atomic E-state index is 13.0. The summed E-state index contributed by atoms with van der Waals surface area (Å²) in [6.07, 6.45) is 3.60. The Kier molecular flexibility index (Phi) is 5.48. The van der Waals surface area contributed by atoms with E-state index in [1.54, 1.807) is 29.1 Å². The van der Waals surface area contributed by atoms with E-state index in [-0.39, 0.29) is 5.76 Å². The van der Waals surface area contributed by atoms with Crippen molar-refractivity contribution in [3.63, 3.8) is 0 Å². The van der Waals surface area contributed by atoms with Crippen LogP contribution < -0.4 is 15.0 Å². The van der Waals surface area contributed by atoms with E-state index >= 15 is 0 Å². The lowest BCUT2D eigenvalue weighted by Crippen LogP contribution is -2.39. The number of rotatable bonds is 4. The van der Waals surface area contributed by atoms with Crippen LogP contribution in [0.5, 0.6) is 0 Å². The summed E-state index contributed by atoms with van der Waals surface area (Å²) in [6, 6.07) is 16.9. The number of nitrogens with zero attached hydrogens (tertiary/aromatic N) is 1. The van der Waals surface area contributed by atoms with E-state index in [1.165, 1.54) is 11.3 Å².